The van der Waals surface area contributed by atoms with Gasteiger partial charge in [-0.3, -0.25) is 9.78 Å². The number of aliphatic hydroxyl groups excluding tert-OH is 1. The van der Waals surface area contributed by atoms with Crippen LogP contribution in [0.5, 0.6) is 0 Å². The van der Waals surface area contributed by atoms with Gasteiger partial charge in [0.2, 0.25) is 5.82 Å². The van der Waals surface area contributed by atoms with Crippen LogP contribution in [0.1, 0.15) is 29.5 Å². The number of rotatable bonds is 9. The lowest BCUT2D eigenvalue weighted by molar-refractivity contribution is -0.153. The van der Waals surface area contributed by atoms with Crippen LogP contribution >= 0.6 is 0 Å². The molecule has 2 unspecified atom stereocenters. The van der Waals surface area contributed by atoms with Crippen LogP contribution < -0.4 is 11.0 Å². The first-order valence-electron chi connectivity index (χ1n) is 9.91. The molecule has 0 saturated carbocycles. The van der Waals surface area contributed by atoms with E-state index in [-0.39, 0.29) is 18.9 Å². The number of H-pyrrole nitrogens is 2. The number of aromatic amines is 2. The maximum atomic E-state index is 12.4. The van der Waals surface area contributed by atoms with Crippen LogP contribution in [0.3, 0.4) is 0 Å². The molecule has 2 atom stereocenters. The number of benzene rings is 2. The molecule has 0 bridgehead atoms. The number of aromatic nitrogens is 3. The summed E-state index contributed by atoms with van der Waals surface area (Å²) < 4.78 is 4.85. The van der Waals surface area contributed by atoms with Gasteiger partial charge in [-0.15, -0.1) is 5.10 Å². The maximum absolute atomic E-state index is 12.4. The quantitative estimate of drug-likeness (QED) is 0.384. The lowest BCUT2D eigenvalue weighted by Crippen LogP contribution is -2.41. The Balaban J connectivity index is 1.74. The topological polar surface area (TPSA) is 137 Å². The Morgan fingerprint density at radius 2 is 1.77 bits per heavy atom. The van der Waals surface area contributed by atoms with Gasteiger partial charge in [0, 0.05) is 12.5 Å². The third kappa shape index (κ3) is 6.13. The Labute approximate surface area is 178 Å². The van der Waals surface area contributed by atoms with Gasteiger partial charge in [-0.05, 0) is 30.0 Å². The third-order valence-corrected chi connectivity index (χ3v) is 4.66. The highest BCUT2D eigenvalue weighted by Crippen LogP contribution is 2.20. The second-order valence-corrected chi connectivity index (χ2v) is 6.97. The van der Waals surface area contributed by atoms with Gasteiger partial charge >= 0.3 is 11.7 Å². The number of hydrogen-bond donors (Lipinski definition) is 4. The van der Waals surface area contributed by atoms with Crippen LogP contribution in [-0.2, 0) is 16.0 Å². The van der Waals surface area contributed by atoms with E-state index in [1.807, 2.05) is 54.6 Å². The predicted molar refractivity (Wildman–Crippen MR) is 113 cm³/mol. The molecule has 1 amide bonds. The van der Waals surface area contributed by atoms with Crippen molar-refractivity contribution in [1.82, 2.24) is 20.5 Å². The van der Waals surface area contributed by atoms with E-state index in [1.165, 1.54) is 0 Å². The average Bonchev–Trinajstić information content (AvgIpc) is 3.21. The number of aliphatic hydroxyl groups is 1. The Morgan fingerprint density at radius 1 is 1.10 bits per heavy atom. The van der Waals surface area contributed by atoms with Crippen molar-refractivity contribution in [1.29, 1.82) is 0 Å². The first-order chi connectivity index (χ1) is 15.0. The van der Waals surface area contributed by atoms with Crippen LogP contribution in [0.15, 0.2) is 59.4 Å². The molecule has 162 valence electrons. The van der Waals surface area contributed by atoms with Gasteiger partial charge in [-0.25, -0.2) is 14.7 Å². The van der Waals surface area contributed by atoms with Gasteiger partial charge in [-0.2, -0.15) is 0 Å². The van der Waals surface area contributed by atoms with Crippen molar-refractivity contribution in [3.63, 3.8) is 0 Å². The maximum Gasteiger partial charge on any atom is 0.341 e. The molecule has 31 heavy (non-hydrogen) atoms. The van der Waals surface area contributed by atoms with E-state index in [9.17, 15) is 19.5 Å². The summed E-state index contributed by atoms with van der Waals surface area (Å²) in [4.78, 5) is 37.7. The number of amides is 1. The summed E-state index contributed by atoms with van der Waals surface area (Å²) in [7, 11) is 0. The molecule has 3 rings (SSSR count). The summed E-state index contributed by atoms with van der Waals surface area (Å²) in [6, 6.07) is 17.1. The lowest BCUT2D eigenvalue weighted by atomic mass is 9.98. The number of carbonyl (C=O) groups excluding carboxylic acids is 2. The standard InChI is InChI=1S/C22H24N4O5/c1-2-31-21(29)18(27)13-17(23-20(28)19-24-22(30)26-25-19)12-14-8-10-16(11-9-14)15-6-4-3-5-7-15/h3-11,17-18,27H,2,12-13H2,1H3,(H,23,28)(H2,24,25,26,30). The molecule has 3 aromatic rings. The number of carbonyl (C=O) groups is 2. The fraction of sp³-hybridized carbons (Fsp3) is 0.273. The molecule has 2 aromatic carbocycles. The zero-order valence-corrected chi connectivity index (χ0v) is 17.0. The fourth-order valence-corrected chi connectivity index (χ4v) is 3.18. The highest BCUT2D eigenvalue weighted by atomic mass is 16.5. The van der Waals surface area contributed by atoms with E-state index in [1.54, 1.807) is 6.92 Å². The van der Waals surface area contributed by atoms with Crippen molar-refractivity contribution in [3.8, 4) is 11.1 Å². The summed E-state index contributed by atoms with van der Waals surface area (Å²) in [5.41, 5.74) is 2.42. The highest BCUT2D eigenvalue weighted by Gasteiger charge is 2.24. The van der Waals surface area contributed by atoms with Crippen LogP contribution in [-0.4, -0.2) is 50.9 Å². The smallest absolute Gasteiger partial charge is 0.341 e. The van der Waals surface area contributed by atoms with Gasteiger partial charge in [0.15, 0.2) is 6.10 Å². The number of ether oxygens (including phenoxy) is 1. The molecular weight excluding hydrogens is 400 g/mol. The van der Waals surface area contributed by atoms with E-state index < -0.39 is 29.7 Å². The van der Waals surface area contributed by atoms with Gasteiger partial charge in [0.25, 0.3) is 5.91 Å². The molecule has 0 fully saturated rings. The van der Waals surface area contributed by atoms with Crippen molar-refractivity contribution in [2.45, 2.75) is 31.9 Å². The fourth-order valence-electron chi connectivity index (χ4n) is 3.18. The van der Waals surface area contributed by atoms with E-state index in [0.29, 0.717) is 6.42 Å². The molecule has 0 aliphatic heterocycles. The van der Waals surface area contributed by atoms with Crippen LogP contribution in [0.2, 0.25) is 0 Å². The molecule has 1 aromatic heterocycles. The molecule has 0 spiro atoms. The van der Waals surface area contributed by atoms with Crippen LogP contribution in [0, 0.1) is 0 Å². The van der Waals surface area contributed by atoms with Crippen LogP contribution in [0.4, 0.5) is 0 Å². The molecule has 0 radical (unpaired) electrons. The minimum absolute atomic E-state index is 0.0559. The zero-order valence-electron chi connectivity index (χ0n) is 17.0. The van der Waals surface area contributed by atoms with Gasteiger partial charge in [0.1, 0.15) is 0 Å². The summed E-state index contributed by atoms with van der Waals surface area (Å²) >= 11 is 0. The van der Waals surface area contributed by atoms with Crippen molar-refractivity contribution in [3.05, 3.63) is 76.5 Å². The molecular formula is C22H24N4O5. The van der Waals surface area contributed by atoms with Gasteiger partial charge < -0.3 is 15.2 Å². The zero-order chi connectivity index (χ0) is 22.2. The Morgan fingerprint density at radius 3 is 2.39 bits per heavy atom. The van der Waals surface area contributed by atoms with Crippen molar-refractivity contribution in [2.24, 2.45) is 0 Å². The third-order valence-electron chi connectivity index (χ3n) is 4.66. The number of esters is 1. The Bertz CT molecular complexity index is 1060. The summed E-state index contributed by atoms with van der Waals surface area (Å²) in [6.45, 7) is 1.79. The first-order valence-corrected chi connectivity index (χ1v) is 9.91. The number of nitrogens with one attached hydrogen (secondary N) is 3. The highest BCUT2D eigenvalue weighted by molar-refractivity contribution is 5.90. The molecule has 9 nitrogen and oxygen atoms in total. The summed E-state index contributed by atoms with van der Waals surface area (Å²) in [5, 5.41) is 18.6. The first kappa shape index (κ1) is 22.0. The van der Waals surface area contributed by atoms with E-state index in [4.69, 9.17) is 4.74 Å². The van der Waals surface area contributed by atoms with Crippen molar-refractivity contribution < 1.29 is 19.4 Å². The Kier molecular flexibility index (Phi) is 7.34. The predicted octanol–water partition coefficient (Wildman–Crippen LogP) is 1.42. The van der Waals surface area contributed by atoms with E-state index in [0.717, 1.165) is 16.7 Å². The van der Waals surface area contributed by atoms with Gasteiger partial charge in [0.05, 0.1) is 6.61 Å². The number of hydrogen-bond acceptors (Lipinski definition) is 6. The van der Waals surface area contributed by atoms with Crippen LogP contribution in [0.25, 0.3) is 11.1 Å². The molecule has 9 heteroatoms. The lowest BCUT2D eigenvalue weighted by Gasteiger charge is -2.21. The van der Waals surface area contributed by atoms with E-state index >= 15 is 0 Å². The second-order valence-electron chi connectivity index (χ2n) is 6.97. The SMILES string of the molecule is CCOC(=O)C(O)CC(Cc1ccc(-c2ccccc2)cc1)NC(=O)c1n[nH]c(=O)[nH]1. The van der Waals surface area contributed by atoms with Crippen molar-refractivity contribution in [2.75, 3.05) is 6.61 Å². The summed E-state index contributed by atoms with van der Waals surface area (Å²) in [5.74, 6) is -1.56. The molecule has 0 aliphatic rings. The normalized spacial score (nSPS) is 12.7. The second kappa shape index (κ2) is 10.4. The molecule has 1 heterocycles. The van der Waals surface area contributed by atoms with E-state index in [2.05, 4.69) is 20.5 Å². The monoisotopic (exact) mass is 424 g/mol. The number of nitrogens with zero attached hydrogens (tertiary/aromatic N) is 1. The summed E-state index contributed by atoms with van der Waals surface area (Å²) in [6.07, 6.45) is -1.10. The minimum Gasteiger partial charge on any atom is -0.464 e. The largest absolute Gasteiger partial charge is 0.464 e. The van der Waals surface area contributed by atoms with Gasteiger partial charge in [-0.1, -0.05) is 54.6 Å². The molecule has 4 N–H and O–H groups in total. The Hall–Kier alpha value is -3.72. The average molecular weight is 424 g/mol. The molecule has 0 aliphatic carbocycles. The molecule has 0 saturated heterocycles. The van der Waals surface area contributed by atoms with Crippen molar-refractivity contribution >= 4 is 11.9 Å². The minimum atomic E-state index is -1.40.